The third kappa shape index (κ3) is 3.10. The average molecular weight is 272 g/mol. The van der Waals surface area contributed by atoms with Crippen LogP contribution >= 0.6 is 11.8 Å². The molecule has 102 valence electrons. The monoisotopic (exact) mass is 272 g/mol. The lowest BCUT2D eigenvalue weighted by Crippen LogP contribution is -2.58. The number of urea groups is 1. The minimum atomic E-state index is -0.774. The van der Waals surface area contributed by atoms with Crippen molar-refractivity contribution in [3.63, 3.8) is 0 Å². The largest absolute Gasteiger partial charge is 0.481 e. The summed E-state index contributed by atoms with van der Waals surface area (Å²) in [6.07, 6.45) is 2.08. The second kappa shape index (κ2) is 5.82. The van der Waals surface area contributed by atoms with Crippen LogP contribution in [0.3, 0.4) is 0 Å². The topological polar surface area (TPSA) is 69.6 Å². The summed E-state index contributed by atoms with van der Waals surface area (Å²) >= 11 is 1.93. The van der Waals surface area contributed by atoms with Crippen LogP contribution in [0.15, 0.2) is 0 Å². The standard InChI is InChI=1S/C12H20N2O3S/c1-8(11(15)16)9-6-14(7-9)12(17)13-10-2-4-18-5-3-10/h8-10H,2-7H2,1H3,(H,13,17)(H,15,16). The van der Waals surface area contributed by atoms with Crippen molar-refractivity contribution in [2.75, 3.05) is 24.6 Å². The number of nitrogens with one attached hydrogen (secondary N) is 1. The molecule has 0 aliphatic carbocycles. The zero-order valence-electron chi connectivity index (χ0n) is 10.6. The number of hydrogen-bond acceptors (Lipinski definition) is 3. The number of hydrogen-bond donors (Lipinski definition) is 2. The summed E-state index contributed by atoms with van der Waals surface area (Å²) < 4.78 is 0. The summed E-state index contributed by atoms with van der Waals surface area (Å²) in [6.45, 7) is 2.85. The van der Waals surface area contributed by atoms with Crippen LogP contribution < -0.4 is 5.32 Å². The smallest absolute Gasteiger partial charge is 0.317 e. The van der Waals surface area contributed by atoms with Gasteiger partial charge in [-0.2, -0.15) is 11.8 Å². The molecule has 2 rings (SSSR count). The lowest BCUT2D eigenvalue weighted by Gasteiger charge is -2.41. The predicted molar refractivity (Wildman–Crippen MR) is 70.7 cm³/mol. The maximum Gasteiger partial charge on any atom is 0.317 e. The fourth-order valence-corrected chi connectivity index (χ4v) is 3.41. The van der Waals surface area contributed by atoms with E-state index in [4.69, 9.17) is 5.11 Å². The molecule has 1 atom stereocenters. The number of rotatable bonds is 3. The highest BCUT2D eigenvalue weighted by Gasteiger charge is 2.37. The summed E-state index contributed by atoms with van der Waals surface area (Å²) in [6, 6.07) is 0.274. The highest BCUT2D eigenvalue weighted by atomic mass is 32.2. The fourth-order valence-electron chi connectivity index (χ4n) is 2.30. The number of likely N-dealkylation sites (tertiary alicyclic amines) is 1. The molecule has 0 aromatic rings. The molecule has 2 saturated heterocycles. The van der Waals surface area contributed by atoms with Crippen LogP contribution in [0.1, 0.15) is 19.8 Å². The molecule has 2 heterocycles. The van der Waals surface area contributed by atoms with Crippen molar-refractivity contribution in [3.05, 3.63) is 0 Å². The van der Waals surface area contributed by atoms with Gasteiger partial charge in [0.2, 0.25) is 0 Å². The first-order valence-electron chi connectivity index (χ1n) is 6.44. The summed E-state index contributed by atoms with van der Waals surface area (Å²) in [5.41, 5.74) is 0. The normalized spacial score (nSPS) is 23.3. The van der Waals surface area contributed by atoms with Gasteiger partial charge in [-0.3, -0.25) is 4.79 Å². The fraction of sp³-hybridized carbons (Fsp3) is 0.833. The number of aliphatic carboxylic acids is 1. The van der Waals surface area contributed by atoms with Crippen molar-refractivity contribution in [2.24, 2.45) is 11.8 Å². The van der Waals surface area contributed by atoms with E-state index in [1.807, 2.05) is 11.8 Å². The molecule has 0 aromatic heterocycles. The maximum atomic E-state index is 11.9. The Morgan fingerprint density at radius 1 is 1.33 bits per heavy atom. The van der Waals surface area contributed by atoms with E-state index < -0.39 is 5.97 Å². The van der Waals surface area contributed by atoms with Gasteiger partial charge < -0.3 is 15.3 Å². The van der Waals surface area contributed by atoms with Gasteiger partial charge in [-0.15, -0.1) is 0 Å². The quantitative estimate of drug-likeness (QED) is 0.811. The van der Waals surface area contributed by atoms with E-state index in [0.29, 0.717) is 19.1 Å². The van der Waals surface area contributed by atoms with Crippen LogP contribution in [0.25, 0.3) is 0 Å². The second-order valence-corrected chi connectivity index (χ2v) is 6.35. The van der Waals surface area contributed by atoms with E-state index in [0.717, 1.165) is 24.3 Å². The predicted octanol–water partition coefficient (Wildman–Crippen LogP) is 1.24. The highest BCUT2D eigenvalue weighted by molar-refractivity contribution is 7.99. The Hall–Kier alpha value is -0.910. The van der Waals surface area contributed by atoms with Gasteiger partial charge in [-0.05, 0) is 24.3 Å². The van der Waals surface area contributed by atoms with Crippen LogP contribution in [0.5, 0.6) is 0 Å². The summed E-state index contributed by atoms with van der Waals surface area (Å²) in [5, 5.41) is 11.9. The molecule has 5 nitrogen and oxygen atoms in total. The Balaban J connectivity index is 1.71. The number of carbonyl (C=O) groups excluding carboxylic acids is 1. The maximum absolute atomic E-state index is 11.9. The first-order valence-corrected chi connectivity index (χ1v) is 7.59. The molecule has 1 unspecified atom stereocenters. The van der Waals surface area contributed by atoms with Gasteiger partial charge in [-0.1, -0.05) is 6.92 Å². The Morgan fingerprint density at radius 2 is 1.94 bits per heavy atom. The number of carbonyl (C=O) groups is 2. The zero-order chi connectivity index (χ0) is 13.1. The van der Waals surface area contributed by atoms with E-state index >= 15 is 0 Å². The van der Waals surface area contributed by atoms with Crippen molar-refractivity contribution in [3.8, 4) is 0 Å². The second-order valence-electron chi connectivity index (χ2n) is 5.13. The number of carboxylic acids is 1. The van der Waals surface area contributed by atoms with Gasteiger partial charge in [0.15, 0.2) is 0 Å². The lowest BCUT2D eigenvalue weighted by molar-refractivity contribution is -0.144. The van der Waals surface area contributed by atoms with E-state index in [-0.39, 0.29) is 17.9 Å². The van der Waals surface area contributed by atoms with Crippen molar-refractivity contribution < 1.29 is 14.7 Å². The molecule has 2 N–H and O–H groups in total. The first-order chi connectivity index (χ1) is 8.58. The molecular weight excluding hydrogens is 252 g/mol. The summed E-state index contributed by atoms with van der Waals surface area (Å²) in [5.74, 6) is 1.20. The highest BCUT2D eigenvalue weighted by Crippen LogP contribution is 2.24. The van der Waals surface area contributed by atoms with Crippen molar-refractivity contribution in [2.45, 2.75) is 25.8 Å². The average Bonchev–Trinajstić information content (AvgIpc) is 2.28. The summed E-state index contributed by atoms with van der Waals surface area (Å²) in [4.78, 5) is 24.4. The minimum absolute atomic E-state index is 0.0271. The van der Waals surface area contributed by atoms with Crippen molar-refractivity contribution in [1.82, 2.24) is 10.2 Å². The van der Waals surface area contributed by atoms with E-state index in [1.54, 1.807) is 11.8 Å². The first kappa shape index (κ1) is 13.5. The molecule has 0 saturated carbocycles. The molecule has 0 spiro atoms. The molecule has 0 aromatic carbocycles. The van der Waals surface area contributed by atoms with Gasteiger partial charge in [0, 0.05) is 25.0 Å². The number of nitrogens with zero attached hydrogens (tertiary/aromatic N) is 1. The molecule has 2 fully saturated rings. The van der Waals surface area contributed by atoms with Crippen LogP contribution in [0, 0.1) is 11.8 Å². The van der Waals surface area contributed by atoms with Gasteiger partial charge in [0.25, 0.3) is 0 Å². The summed E-state index contributed by atoms with van der Waals surface area (Å²) in [7, 11) is 0. The van der Waals surface area contributed by atoms with Crippen LogP contribution in [-0.2, 0) is 4.79 Å². The van der Waals surface area contributed by atoms with Gasteiger partial charge in [-0.25, -0.2) is 4.79 Å². The molecular formula is C12H20N2O3S. The molecule has 6 heteroatoms. The van der Waals surface area contributed by atoms with Crippen LogP contribution in [0.2, 0.25) is 0 Å². The number of thioether (sulfide) groups is 1. The molecule has 18 heavy (non-hydrogen) atoms. The van der Waals surface area contributed by atoms with Crippen molar-refractivity contribution >= 4 is 23.8 Å². The Bertz CT molecular complexity index is 325. The van der Waals surface area contributed by atoms with E-state index in [9.17, 15) is 9.59 Å². The van der Waals surface area contributed by atoms with Crippen LogP contribution in [0.4, 0.5) is 4.79 Å². The Morgan fingerprint density at radius 3 is 2.50 bits per heavy atom. The third-order valence-electron chi connectivity index (χ3n) is 3.84. The minimum Gasteiger partial charge on any atom is -0.481 e. The number of amides is 2. The lowest BCUT2D eigenvalue weighted by atomic mass is 9.87. The molecule has 2 aliphatic heterocycles. The number of carboxylic acid groups (broad SMARTS) is 1. The molecule has 0 radical (unpaired) electrons. The van der Waals surface area contributed by atoms with E-state index in [1.165, 1.54) is 0 Å². The molecule has 2 aliphatic rings. The zero-order valence-corrected chi connectivity index (χ0v) is 11.4. The van der Waals surface area contributed by atoms with Gasteiger partial charge >= 0.3 is 12.0 Å². The Labute approximate surface area is 111 Å². The van der Waals surface area contributed by atoms with Gasteiger partial charge in [0.05, 0.1) is 5.92 Å². The third-order valence-corrected chi connectivity index (χ3v) is 4.89. The van der Waals surface area contributed by atoms with Crippen molar-refractivity contribution in [1.29, 1.82) is 0 Å². The molecule has 0 bridgehead atoms. The molecule has 2 amide bonds. The van der Waals surface area contributed by atoms with E-state index in [2.05, 4.69) is 5.32 Å². The Kier molecular flexibility index (Phi) is 4.37. The SMILES string of the molecule is CC(C(=O)O)C1CN(C(=O)NC2CCSCC2)C1. The van der Waals surface area contributed by atoms with Crippen LogP contribution in [-0.4, -0.2) is 52.6 Å². The van der Waals surface area contributed by atoms with Gasteiger partial charge in [0.1, 0.15) is 0 Å².